The van der Waals surface area contributed by atoms with Crippen molar-refractivity contribution in [2.45, 2.75) is 0 Å². The summed E-state index contributed by atoms with van der Waals surface area (Å²) in [4.78, 5) is 24.4. The number of benzene rings is 5. The maximum absolute atomic E-state index is 13.3. The maximum Gasteiger partial charge on any atom is 0.227 e. The van der Waals surface area contributed by atoms with Gasteiger partial charge in [0.2, 0.25) is 10.6 Å². The smallest absolute Gasteiger partial charge is 0.227 e. The molecule has 0 radical (unpaired) electrons. The molecule has 0 spiro atoms. The van der Waals surface area contributed by atoms with Gasteiger partial charge in [0.25, 0.3) is 0 Å². The number of hydrogen-bond acceptors (Lipinski definition) is 12. The van der Waals surface area contributed by atoms with Crippen LogP contribution in [0.4, 0.5) is 8.78 Å². The van der Waals surface area contributed by atoms with Gasteiger partial charge in [0.1, 0.15) is 46.1 Å². The molecule has 6 N–H and O–H groups in total. The van der Waals surface area contributed by atoms with Gasteiger partial charge < -0.3 is 30.6 Å². The van der Waals surface area contributed by atoms with E-state index in [0.717, 1.165) is 12.1 Å². The Bertz CT molecular complexity index is 2230. The second kappa shape index (κ2) is 16.4. The highest BCUT2D eigenvalue weighted by molar-refractivity contribution is 6.31. The molecule has 0 aliphatic heterocycles. The van der Waals surface area contributed by atoms with Gasteiger partial charge >= 0.3 is 0 Å². The number of hydrogen-bond donors (Lipinski definition) is 6. The van der Waals surface area contributed by atoms with E-state index in [1.807, 2.05) is 0 Å². The lowest BCUT2D eigenvalue weighted by Gasteiger charge is -2.10. The molecule has 0 unspecified atom stereocenters. The van der Waals surface area contributed by atoms with Crippen LogP contribution in [0.3, 0.4) is 0 Å². The average molecular weight is 746 g/mol. The zero-order valence-corrected chi connectivity index (χ0v) is 27.8. The van der Waals surface area contributed by atoms with Gasteiger partial charge in [-0.25, -0.2) is 23.7 Å². The van der Waals surface area contributed by atoms with Crippen molar-refractivity contribution in [2.24, 2.45) is 0 Å². The second-order valence-corrected chi connectivity index (χ2v) is 11.1. The first-order valence-corrected chi connectivity index (χ1v) is 15.5. The van der Waals surface area contributed by atoms with E-state index in [4.69, 9.17) is 33.4 Å². The summed E-state index contributed by atoms with van der Waals surface area (Å²) < 4.78 is 26.0. The Morgan fingerprint density at radius 3 is 1.12 bits per heavy atom. The van der Waals surface area contributed by atoms with Gasteiger partial charge in [-0.3, -0.25) is 0 Å². The van der Waals surface area contributed by atoms with Crippen molar-refractivity contribution in [3.63, 3.8) is 0 Å². The molecular formula is C36H24Cl2F2N6O6. The lowest BCUT2D eigenvalue weighted by molar-refractivity contribution is 0.449. The van der Waals surface area contributed by atoms with Crippen LogP contribution in [-0.4, -0.2) is 60.5 Å². The molecule has 7 rings (SSSR count). The van der Waals surface area contributed by atoms with E-state index >= 15 is 0 Å². The molecule has 0 bridgehead atoms. The van der Waals surface area contributed by atoms with Crippen LogP contribution in [0.2, 0.25) is 10.6 Å². The largest absolute Gasteiger partial charge is 0.508 e. The first kappa shape index (κ1) is 36.6. The first-order chi connectivity index (χ1) is 24.8. The van der Waals surface area contributed by atoms with Crippen molar-refractivity contribution in [1.82, 2.24) is 29.9 Å². The Balaban J connectivity index is 0.000000187. The average Bonchev–Trinajstić information content (AvgIpc) is 3.09. The lowest BCUT2D eigenvalue weighted by atomic mass is 10.1. The minimum absolute atomic E-state index is 0.00863. The van der Waals surface area contributed by atoms with Gasteiger partial charge in [-0.05, 0) is 108 Å². The summed E-state index contributed by atoms with van der Waals surface area (Å²) in [5.41, 5.74) is 1.58. The molecule has 0 atom stereocenters. The quantitative estimate of drug-likeness (QED) is 0.102. The molecule has 12 nitrogen and oxygen atoms in total. The lowest BCUT2D eigenvalue weighted by Crippen LogP contribution is -2.00. The zero-order chi connectivity index (χ0) is 37.4. The summed E-state index contributed by atoms with van der Waals surface area (Å²) in [6, 6.07) is 25.0. The van der Waals surface area contributed by atoms with E-state index in [1.165, 1.54) is 91.0 Å². The highest BCUT2D eigenvalue weighted by atomic mass is 35.5. The van der Waals surface area contributed by atoms with Crippen LogP contribution in [0.5, 0.6) is 34.5 Å². The van der Waals surface area contributed by atoms with Crippen molar-refractivity contribution in [3.05, 3.63) is 131 Å². The van der Waals surface area contributed by atoms with Crippen molar-refractivity contribution in [2.75, 3.05) is 0 Å². The van der Waals surface area contributed by atoms with E-state index < -0.39 is 5.82 Å². The summed E-state index contributed by atoms with van der Waals surface area (Å²) >= 11 is 11.2. The molecule has 7 aromatic rings. The number of phenolic OH excluding ortho intramolecular Hbond substituents is 6. The van der Waals surface area contributed by atoms with E-state index in [1.54, 1.807) is 6.07 Å². The van der Waals surface area contributed by atoms with E-state index in [9.17, 15) is 29.2 Å². The molecule has 2 heterocycles. The summed E-state index contributed by atoms with van der Waals surface area (Å²) in [5, 5.41) is 56.8. The molecule has 0 aliphatic rings. The van der Waals surface area contributed by atoms with Crippen molar-refractivity contribution in [3.8, 4) is 80.0 Å². The van der Waals surface area contributed by atoms with E-state index in [2.05, 4.69) is 29.9 Å². The third kappa shape index (κ3) is 9.74. The van der Waals surface area contributed by atoms with Crippen LogP contribution in [0.15, 0.2) is 109 Å². The molecule has 52 heavy (non-hydrogen) atoms. The number of nitrogens with zero attached hydrogens (tertiary/aromatic N) is 6. The zero-order valence-electron chi connectivity index (χ0n) is 26.3. The molecule has 16 heteroatoms. The minimum Gasteiger partial charge on any atom is -0.508 e. The predicted octanol–water partition coefficient (Wildman–Crippen LogP) is 7.92. The molecule has 0 aliphatic carbocycles. The number of phenols is 6. The van der Waals surface area contributed by atoms with Gasteiger partial charge in [0.05, 0.1) is 11.1 Å². The molecule has 0 saturated carbocycles. The first-order valence-electron chi connectivity index (χ1n) is 14.7. The molecule has 0 amide bonds. The minimum atomic E-state index is -0.421. The third-order valence-electron chi connectivity index (χ3n) is 6.70. The van der Waals surface area contributed by atoms with Crippen molar-refractivity contribution in [1.29, 1.82) is 0 Å². The van der Waals surface area contributed by atoms with Crippen LogP contribution in [0, 0.1) is 11.6 Å². The number of rotatable bonds is 4. The molecule has 0 fully saturated rings. The molecule has 0 saturated heterocycles. The Morgan fingerprint density at radius 2 is 0.750 bits per heavy atom. The molecule has 2 aromatic heterocycles. The maximum atomic E-state index is 13.3. The van der Waals surface area contributed by atoms with Crippen LogP contribution in [0.1, 0.15) is 0 Å². The van der Waals surface area contributed by atoms with Gasteiger partial charge in [-0.2, -0.15) is 15.0 Å². The summed E-state index contributed by atoms with van der Waals surface area (Å²) in [6.07, 6.45) is 0. The number of halogens is 4. The van der Waals surface area contributed by atoms with Crippen molar-refractivity contribution < 1.29 is 39.4 Å². The summed E-state index contributed by atoms with van der Waals surface area (Å²) in [6.45, 7) is 0. The standard InChI is InChI=1S/C21H14FN3O4.C9H4Cl2FN3.C6H6O2/c22-12-3-1-11(2-4-12)19-23-20(15-7-5-13(26)9-17(15)28)25-21(24-19)16-8-6-14(27)10-18(16)29;10-8-13-7(14-9(11)15-8)5-1-3-6(12)4-2-5;7-5-2-1-3-6(8)4-5/h1-10,26-29H;1-4H;1-4,7-8H. The fraction of sp³-hybridized carbons (Fsp3) is 0. The molecule has 262 valence electrons. The van der Waals surface area contributed by atoms with Gasteiger partial charge in [0, 0.05) is 29.3 Å². The van der Waals surface area contributed by atoms with Gasteiger partial charge in [-0.1, -0.05) is 6.07 Å². The Kier molecular flexibility index (Phi) is 11.5. The van der Waals surface area contributed by atoms with E-state index in [-0.39, 0.29) is 79.5 Å². The van der Waals surface area contributed by atoms with Crippen LogP contribution in [0.25, 0.3) is 45.6 Å². The highest BCUT2D eigenvalue weighted by Crippen LogP contribution is 2.35. The monoisotopic (exact) mass is 744 g/mol. The Hall–Kier alpha value is -6.64. The van der Waals surface area contributed by atoms with Crippen molar-refractivity contribution >= 4 is 23.2 Å². The normalized spacial score (nSPS) is 10.4. The topological polar surface area (TPSA) is 199 Å². The van der Waals surface area contributed by atoms with E-state index in [0.29, 0.717) is 17.0 Å². The fourth-order valence-electron chi connectivity index (χ4n) is 4.31. The van der Waals surface area contributed by atoms with Crippen LogP contribution < -0.4 is 0 Å². The summed E-state index contributed by atoms with van der Waals surface area (Å²) in [7, 11) is 0. The predicted molar refractivity (Wildman–Crippen MR) is 188 cm³/mol. The van der Waals surface area contributed by atoms with Crippen LogP contribution in [-0.2, 0) is 0 Å². The Labute approximate surface area is 303 Å². The molecule has 5 aromatic carbocycles. The Morgan fingerprint density at radius 1 is 0.385 bits per heavy atom. The highest BCUT2D eigenvalue weighted by Gasteiger charge is 2.17. The van der Waals surface area contributed by atoms with Crippen LogP contribution >= 0.6 is 23.2 Å². The number of aromatic nitrogens is 6. The number of aromatic hydroxyl groups is 6. The fourth-order valence-corrected chi connectivity index (χ4v) is 4.67. The molecular weight excluding hydrogens is 721 g/mol. The second-order valence-electron chi connectivity index (χ2n) is 10.4. The third-order valence-corrected chi connectivity index (χ3v) is 7.03. The summed E-state index contributed by atoms with van der Waals surface area (Å²) in [5.74, 6) is -0.658. The SMILES string of the molecule is Fc1ccc(-c2nc(Cl)nc(Cl)n2)cc1.Oc1ccc(-c2nc(-c3ccc(F)cc3)nc(-c3ccc(O)cc3O)n2)c(O)c1.Oc1cccc(O)c1. The van der Waals surface area contributed by atoms with Gasteiger partial charge in [0.15, 0.2) is 23.3 Å². The van der Waals surface area contributed by atoms with Gasteiger partial charge in [-0.15, -0.1) is 0 Å².